The molecule has 6 heteroatoms. The molecule has 0 aliphatic heterocycles. The van der Waals surface area contributed by atoms with Crippen molar-refractivity contribution in [2.75, 3.05) is 0 Å². The minimum absolute atomic E-state index is 0.112. The van der Waals surface area contributed by atoms with E-state index in [9.17, 15) is 14.7 Å². The summed E-state index contributed by atoms with van der Waals surface area (Å²) in [5.74, 6) is -0.664. The van der Waals surface area contributed by atoms with Crippen molar-refractivity contribution >= 4 is 12.2 Å². The molecule has 0 atom stereocenters. The zero-order valence-electron chi connectivity index (χ0n) is 12.6. The predicted molar refractivity (Wildman–Crippen MR) is 82.9 cm³/mol. The first-order valence-corrected chi connectivity index (χ1v) is 7.28. The van der Waals surface area contributed by atoms with Crippen molar-refractivity contribution < 1.29 is 14.7 Å². The van der Waals surface area contributed by atoms with Crippen LogP contribution in [0.3, 0.4) is 0 Å². The highest BCUT2D eigenvalue weighted by atomic mass is 16.3. The summed E-state index contributed by atoms with van der Waals surface area (Å²) in [6.07, 6.45) is 2.49. The monoisotopic (exact) mass is 301 g/mol. The molecule has 1 aliphatic carbocycles. The molecule has 116 valence electrons. The van der Waals surface area contributed by atoms with Crippen LogP contribution in [0.15, 0.2) is 24.3 Å². The molecule has 1 heterocycles. The number of hydrogen-bond donors (Lipinski definition) is 2. The number of phenolic OH excluding ortho intramolecular Hbond substituents is 1. The van der Waals surface area contributed by atoms with E-state index < -0.39 is 5.91 Å². The molecule has 3 rings (SSSR count). The van der Waals surface area contributed by atoms with Gasteiger partial charge in [-0.05, 0) is 25.0 Å². The summed E-state index contributed by atoms with van der Waals surface area (Å²) in [4.78, 5) is 22.6. The smallest absolute Gasteiger partial charge is 0.267 e. The number of aldehydes is 1. The van der Waals surface area contributed by atoms with Gasteiger partial charge in [-0.3, -0.25) is 14.3 Å². The Labute approximate surface area is 128 Å². The molecule has 1 aromatic heterocycles. The van der Waals surface area contributed by atoms with Gasteiger partial charge in [0.15, 0.2) is 6.29 Å². The van der Waals surface area contributed by atoms with Crippen molar-refractivity contribution in [1.82, 2.24) is 9.78 Å². The number of nitrogens with zero attached hydrogens (tertiary/aromatic N) is 2. The fourth-order valence-corrected chi connectivity index (χ4v) is 2.21. The molecule has 3 N–H and O–H groups in total. The molecule has 1 amide bonds. The molecular weight excluding hydrogens is 282 g/mol. The van der Waals surface area contributed by atoms with Crippen LogP contribution in [0, 0.1) is 0 Å². The molecule has 0 bridgehead atoms. The Morgan fingerprint density at radius 3 is 2.64 bits per heavy atom. The summed E-state index contributed by atoms with van der Waals surface area (Å²) >= 11 is 0. The Kier molecular flexibility index (Phi) is 4.60. The predicted octanol–water partition coefficient (Wildman–Crippen LogP) is 2.53. The largest absolute Gasteiger partial charge is 0.507 e. The van der Waals surface area contributed by atoms with Gasteiger partial charge in [0, 0.05) is 5.56 Å². The normalized spacial score (nSPS) is 13.2. The van der Waals surface area contributed by atoms with Crippen molar-refractivity contribution in [3.63, 3.8) is 0 Å². The van der Waals surface area contributed by atoms with Crippen molar-refractivity contribution in [2.24, 2.45) is 5.73 Å². The quantitative estimate of drug-likeness (QED) is 0.848. The number of rotatable bonds is 4. The molecule has 1 aromatic carbocycles. The van der Waals surface area contributed by atoms with Crippen molar-refractivity contribution in [2.45, 2.75) is 32.7 Å². The molecule has 0 spiro atoms. The second-order valence-electron chi connectivity index (χ2n) is 4.81. The molecule has 0 unspecified atom stereocenters. The SMILES string of the molecule is CC.NC(=O)c1cc(-c2cccc(O)c2C=O)nn1C1CC1. The second-order valence-corrected chi connectivity index (χ2v) is 4.81. The van der Waals surface area contributed by atoms with Gasteiger partial charge in [0.05, 0.1) is 17.3 Å². The summed E-state index contributed by atoms with van der Waals surface area (Å²) in [7, 11) is 0. The van der Waals surface area contributed by atoms with Gasteiger partial charge in [0.25, 0.3) is 5.91 Å². The van der Waals surface area contributed by atoms with E-state index in [4.69, 9.17) is 5.73 Å². The summed E-state index contributed by atoms with van der Waals surface area (Å²) in [5.41, 5.74) is 6.78. The number of aromatic hydroxyl groups is 1. The second kappa shape index (κ2) is 6.43. The molecule has 0 saturated heterocycles. The minimum Gasteiger partial charge on any atom is -0.507 e. The fourth-order valence-electron chi connectivity index (χ4n) is 2.21. The average Bonchev–Trinajstić information content (AvgIpc) is 3.27. The summed E-state index contributed by atoms with van der Waals surface area (Å²) in [6, 6.07) is 6.48. The zero-order valence-corrected chi connectivity index (χ0v) is 12.6. The number of carbonyl (C=O) groups is 2. The molecular formula is C16H19N3O3. The van der Waals surface area contributed by atoms with Crippen LogP contribution in [0.1, 0.15) is 53.6 Å². The van der Waals surface area contributed by atoms with Crippen LogP contribution in [0.2, 0.25) is 0 Å². The standard InChI is InChI=1S/C14H13N3O3.C2H6/c15-14(20)12-6-11(16-17(12)8-4-5-8)9-2-1-3-13(19)10(9)7-18;1-2/h1-3,6-8,19H,4-5H2,(H2,15,20);1-2H3. The molecule has 22 heavy (non-hydrogen) atoms. The van der Waals surface area contributed by atoms with Crippen LogP contribution in [-0.4, -0.2) is 27.1 Å². The highest BCUT2D eigenvalue weighted by molar-refractivity contribution is 5.94. The Morgan fingerprint density at radius 2 is 2.09 bits per heavy atom. The topological polar surface area (TPSA) is 98.2 Å². The zero-order chi connectivity index (χ0) is 16.3. The molecule has 0 radical (unpaired) electrons. The van der Waals surface area contributed by atoms with Crippen LogP contribution in [0.4, 0.5) is 0 Å². The van der Waals surface area contributed by atoms with E-state index in [2.05, 4.69) is 5.10 Å². The number of nitrogens with two attached hydrogens (primary N) is 1. The number of amides is 1. The highest BCUT2D eigenvalue weighted by Crippen LogP contribution is 2.37. The lowest BCUT2D eigenvalue weighted by atomic mass is 10.0. The minimum atomic E-state index is -0.552. The summed E-state index contributed by atoms with van der Waals surface area (Å²) in [6.45, 7) is 4.00. The van der Waals surface area contributed by atoms with Crippen LogP contribution in [-0.2, 0) is 0 Å². The molecule has 6 nitrogen and oxygen atoms in total. The van der Waals surface area contributed by atoms with Gasteiger partial charge >= 0.3 is 0 Å². The van der Waals surface area contributed by atoms with E-state index >= 15 is 0 Å². The average molecular weight is 301 g/mol. The van der Waals surface area contributed by atoms with Gasteiger partial charge in [-0.1, -0.05) is 26.0 Å². The van der Waals surface area contributed by atoms with E-state index in [1.54, 1.807) is 22.9 Å². The molecule has 1 aliphatic rings. The number of hydrogen-bond acceptors (Lipinski definition) is 4. The van der Waals surface area contributed by atoms with Crippen molar-refractivity contribution in [1.29, 1.82) is 0 Å². The maximum absolute atomic E-state index is 11.5. The number of phenols is 1. The van der Waals surface area contributed by atoms with Crippen molar-refractivity contribution in [3.05, 3.63) is 35.5 Å². The van der Waals surface area contributed by atoms with Gasteiger partial charge in [-0.2, -0.15) is 5.10 Å². The number of benzene rings is 1. The third-order valence-corrected chi connectivity index (χ3v) is 3.36. The number of carbonyl (C=O) groups excluding carboxylic acids is 2. The van der Waals surface area contributed by atoms with Crippen LogP contribution < -0.4 is 5.73 Å². The lowest BCUT2D eigenvalue weighted by Crippen LogP contribution is -2.16. The van der Waals surface area contributed by atoms with Gasteiger partial charge < -0.3 is 10.8 Å². The summed E-state index contributed by atoms with van der Waals surface area (Å²) < 4.78 is 1.61. The maximum atomic E-state index is 11.5. The Balaban J connectivity index is 0.000000847. The molecule has 2 aromatic rings. The Bertz CT molecular complexity index is 703. The molecule has 1 saturated carbocycles. The first kappa shape index (κ1) is 15.8. The Hall–Kier alpha value is -2.63. The summed E-state index contributed by atoms with van der Waals surface area (Å²) in [5, 5.41) is 14.1. The maximum Gasteiger partial charge on any atom is 0.267 e. The lowest BCUT2D eigenvalue weighted by Gasteiger charge is -2.03. The van der Waals surface area contributed by atoms with E-state index in [0.29, 0.717) is 23.2 Å². The van der Waals surface area contributed by atoms with E-state index in [0.717, 1.165) is 12.8 Å². The van der Waals surface area contributed by atoms with E-state index in [1.165, 1.54) is 6.07 Å². The van der Waals surface area contributed by atoms with E-state index in [1.807, 2.05) is 13.8 Å². The van der Waals surface area contributed by atoms with Crippen LogP contribution >= 0.6 is 0 Å². The third kappa shape index (κ3) is 2.86. The van der Waals surface area contributed by atoms with E-state index in [-0.39, 0.29) is 17.4 Å². The Morgan fingerprint density at radius 1 is 1.41 bits per heavy atom. The van der Waals surface area contributed by atoms with Crippen molar-refractivity contribution in [3.8, 4) is 17.0 Å². The van der Waals surface area contributed by atoms with Gasteiger partial charge in [-0.25, -0.2) is 0 Å². The van der Waals surface area contributed by atoms with Crippen LogP contribution in [0.5, 0.6) is 5.75 Å². The van der Waals surface area contributed by atoms with Crippen LogP contribution in [0.25, 0.3) is 11.3 Å². The third-order valence-electron chi connectivity index (χ3n) is 3.36. The van der Waals surface area contributed by atoms with Gasteiger partial charge in [0.2, 0.25) is 0 Å². The molecule has 1 fully saturated rings. The van der Waals surface area contributed by atoms with Gasteiger partial charge in [-0.15, -0.1) is 0 Å². The fraction of sp³-hybridized carbons (Fsp3) is 0.312. The number of primary amides is 1. The highest BCUT2D eigenvalue weighted by Gasteiger charge is 2.29. The lowest BCUT2D eigenvalue weighted by molar-refractivity contribution is 0.0989. The number of aromatic nitrogens is 2. The first-order valence-electron chi connectivity index (χ1n) is 7.28. The van der Waals surface area contributed by atoms with Gasteiger partial charge in [0.1, 0.15) is 11.4 Å². The first-order chi connectivity index (χ1) is 10.6.